The molecular formula is C13H11N3OS. The van der Waals surface area contributed by atoms with Gasteiger partial charge in [-0.15, -0.1) is 11.3 Å². The van der Waals surface area contributed by atoms with Gasteiger partial charge in [-0.25, -0.2) is 4.98 Å². The Balaban J connectivity index is 1.81. The van der Waals surface area contributed by atoms with Gasteiger partial charge in [-0.1, -0.05) is 6.07 Å². The van der Waals surface area contributed by atoms with Crippen LogP contribution in [0.4, 0.5) is 0 Å². The van der Waals surface area contributed by atoms with Crippen molar-refractivity contribution in [2.24, 2.45) is 0 Å². The summed E-state index contributed by atoms with van der Waals surface area (Å²) in [6, 6.07) is 7.56. The standard InChI is InChI=1S/C13H11N3OS/c17-13(15-6-9-7-18-8-16-9)11-2-1-3-12-10(11)4-5-14-12/h1-5,7-8,14H,6H2,(H,15,17). The quantitative estimate of drug-likeness (QED) is 0.757. The van der Waals surface area contributed by atoms with Crippen LogP contribution in [0.5, 0.6) is 0 Å². The summed E-state index contributed by atoms with van der Waals surface area (Å²) < 4.78 is 0. The van der Waals surface area contributed by atoms with Gasteiger partial charge in [0.1, 0.15) is 0 Å². The molecule has 0 unspecified atom stereocenters. The van der Waals surface area contributed by atoms with Gasteiger partial charge >= 0.3 is 0 Å². The number of aromatic amines is 1. The van der Waals surface area contributed by atoms with E-state index < -0.39 is 0 Å². The highest BCUT2D eigenvalue weighted by atomic mass is 32.1. The topological polar surface area (TPSA) is 57.8 Å². The fourth-order valence-electron chi connectivity index (χ4n) is 1.87. The van der Waals surface area contributed by atoms with Gasteiger partial charge in [0, 0.05) is 28.0 Å². The van der Waals surface area contributed by atoms with Gasteiger partial charge in [0.05, 0.1) is 17.7 Å². The van der Waals surface area contributed by atoms with Gasteiger partial charge in [0.15, 0.2) is 0 Å². The zero-order chi connectivity index (χ0) is 12.4. The molecule has 0 aliphatic heterocycles. The molecule has 0 saturated carbocycles. The predicted octanol–water partition coefficient (Wildman–Crippen LogP) is 2.55. The molecule has 0 spiro atoms. The number of benzene rings is 1. The Hall–Kier alpha value is -2.14. The summed E-state index contributed by atoms with van der Waals surface area (Å²) in [4.78, 5) is 19.3. The maximum Gasteiger partial charge on any atom is 0.252 e. The minimum atomic E-state index is -0.0757. The Morgan fingerprint density at radius 2 is 2.33 bits per heavy atom. The van der Waals surface area contributed by atoms with Crippen molar-refractivity contribution in [3.8, 4) is 0 Å². The van der Waals surface area contributed by atoms with E-state index in [4.69, 9.17) is 0 Å². The molecule has 2 heterocycles. The van der Waals surface area contributed by atoms with Crippen LogP contribution in [0, 0.1) is 0 Å². The Bertz CT molecular complexity index is 672. The van der Waals surface area contributed by atoms with Gasteiger partial charge in [-0.05, 0) is 18.2 Å². The average molecular weight is 257 g/mol. The summed E-state index contributed by atoms with van der Waals surface area (Å²) in [5.74, 6) is -0.0757. The third-order valence-corrected chi connectivity index (χ3v) is 3.39. The van der Waals surface area contributed by atoms with E-state index in [0.717, 1.165) is 16.6 Å². The van der Waals surface area contributed by atoms with Crippen molar-refractivity contribution in [3.63, 3.8) is 0 Å². The number of fused-ring (bicyclic) bond motifs is 1. The molecule has 2 aromatic heterocycles. The number of aromatic nitrogens is 2. The van der Waals surface area contributed by atoms with Crippen LogP contribution in [0.1, 0.15) is 16.1 Å². The van der Waals surface area contributed by atoms with Crippen molar-refractivity contribution in [1.82, 2.24) is 15.3 Å². The summed E-state index contributed by atoms with van der Waals surface area (Å²) in [6.07, 6.45) is 1.84. The number of H-pyrrole nitrogens is 1. The van der Waals surface area contributed by atoms with Crippen LogP contribution >= 0.6 is 11.3 Å². The molecule has 3 aromatic rings. The van der Waals surface area contributed by atoms with Crippen LogP contribution < -0.4 is 5.32 Å². The second kappa shape index (κ2) is 4.62. The first kappa shape index (κ1) is 11.0. The number of amides is 1. The van der Waals surface area contributed by atoms with Gasteiger partial charge < -0.3 is 10.3 Å². The molecule has 4 nitrogen and oxygen atoms in total. The van der Waals surface area contributed by atoms with E-state index in [1.165, 1.54) is 11.3 Å². The van der Waals surface area contributed by atoms with Crippen molar-refractivity contribution >= 4 is 28.1 Å². The summed E-state index contributed by atoms with van der Waals surface area (Å²) in [6.45, 7) is 0.461. The summed E-state index contributed by atoms with van der Waals surface area (Å²) in [5.41, 5.74) is 4.30. The molecule has 5 heteroatoms. The van der Waals surface area contributed by atoms with Crippen LogP contribution in [0.3, 0.4) is 0 Å². The lowest BCUT2D eigenvalue weighted by atomic mass is 10.1. The molecular weight excluding hydrogens is 246 g/mol. The van der Waals surface area contributed by atoms with E-state index in [1.807, 2.05) is 35.8 Å². The third kappa shape index (κ3) is 2.00. The second-order valence-electron chi connectivity index (χ2n) is 3.91. The van der Waals surface area contributed by atoms with E-state index in [0.29, 0.717) is 12.1 Å². The van der Waals surface area contributed by atoms with E-state index in [-0.39, 0.29) is 5.91 Å². The predicted molar refractivity (Wildman–Crippen MR) is 71.6 cm³/mol. The molecule has 0 radical (unpaired) electrons. The normalized spacial score (nSPS) is 10.7. The number of rotatable bonds is 3. The number of hydrogen-bond acceptors (Lipinski definition) is 3. The molecule has 0 saturated heterocycles. The minimum Gasteiger partial charge on any atom is -0.361 e. The second-order valence-corrected chi connectivity index (χ2v) is 4.63. The first-order chi connectivity index (χ1) is 8.84. The molecule has 3 rings (SSSR count). The zero-order valence-corrected chi connectivity index (χ0v) is 10.3. The van der Waals surface area contributed by atoms with Crippen molar-refractivity contribution < 1.29 is 4.79 Å². The largest absolute Gasteiger partial charge is 0.361 e. The zero-order valence-electron chi connectivity index (χ0n) is 9.51. The van der Waals surface area contributed by atoms with E-state index >= 15 is 0 Å². The van der Waals surface area contributed by atoms with Crippen LogP contribution in [-0.4, -0.2) is 15.9 Å². The maximum absolute atomic E-state index is 12.1. The summed E-state index contributed by atoms with van der Waals surface area (Å²) in [5, 5.41) is 5.74. The van der Waals surface area contributed by atoms with Crippen molar-refractivity contribution in [3.05, 3.63) is 52.6 Å². The lowest BCUT2D eigenvalue weighted by Crippen LogP contribution is -2.23. The molecule has 0 aliphatic rings. The van der Waals surface area contributed by atoms with E-state index in [2.05, 4.69) is 15.3 Å². The highest BCUT2D eigenvalue weighted by molar-refractivity contribution is 7.07. The van der Waals surface area contributed by atoms with Crippen molar-refractivity contribution in [1.29, 1.82) is 0 Å². The molecule has 18 heavy (non-hydrogen) atoms. The average Bonchev–Trinajstić information content (AvgIpc) is 3.05. The van der Waals surface area contributed by atoms with Crippen LogP contribution in [0.15, 0.2) is 41.4 Å². The highest BCUT2D eigenvalue weighted by Crippen LogP contribution is 2.17. The molecule has 1 amide bonds. The SMILES string of the molecule is O=C(NCc1cscn1)c1cccc2[nH]ccc12. The molecule has 0 atom stereocenters. The van der Waals surface area contributed by atoms with Crippen molar-refractivity contribution in [2.45, 2.75) is 6.54 Å². The van der Waals surface area contributed by atoms with Crippen LogP contribution in [-0.2, 0) is 6.54 Å². The Morgan fingerprint density at radius 1 is 1.39 bits per heavy atom. The number of hydrogen-bond donors (Lipinski definition) is 2. The number of carbonyl (C=O) groups excluding carboxylic acids is 1. The Morgan fingerprint density at radius 3 is 3.17 bits per heavy atom. The minimum absolute atomic E-state index is 0.0757. The first-order valence-corrected chi connectivity index (χ1v) is 6.50. The number of nitrogens with zero attached hydrogens (tertiary/aromatic N) is 1. The van der Waals surface area contributed by atoms with Crippen molar-refractivity contribution in [2.75, 3.05) is 0 Å². The molecule has 2 N–H and O–H groups in total. The molecule has 1 aromatic carbocycles. The fraction of sp³-hybridized carbons (Fsp3) is 0.0769. The Labute approximate surface area is 108 Å². The van der Waals surface area contributed by atoms with E-state index in [9.17, 15) is 4.79 Å². The lowest BCUT2D eigenvalue weighted by molar-refractivity contribution is 0.0952. The lowest BCUT2D eigenvalue weighted by Gasteiger charge is -2.04. The monoisotopic (exact) mass is 257 g/mol. The smallest absolute Gasteiger partial charge is 0.252 e. The Kier molecular flexibility index (Phi) is 2.82. The van der Waals surface area contributed by atoms with Crippen LogP contribution in [0.25, 0.3) is 10.9 Å². The summed E-state index contributed by atoms with van der Waals surface area (Å²) >= 11 is 1.52. The van der Waals surface area contributed by atoms with Crippen LogP contribution in [0.2, 0.25) is 0 Å². The number of nitrogens with one attached hydrogen (secondary N) is 2. The maximum atomic E-state index is 12.1. The first-order valence-electron chi connectivity index (χ1n) is 5.56. The van der Waals surface area contributed by atoms with Gasteiger partial charge in [0.2, 0.25) is 0 Å². The van der Waals surface area contributed by atoms with Gasteiger partial charge in [-0.2, -0.15) is 0 Å². The third-order valence-electron chi connectivity index (χ3n) is 2.75. The van der Waals surface area contributed by atoms with Gasteiger partial charge in [-0.3, -0.25) is 4.79 Å². The highest BCUT2D eigenvalue weighted by Gasteiger charge is 2.10. The fourth-order valence-corrected chi connectivity index (χ4v) is 2.43. The number of thiazole rings is 1. The van der Waals surface area contributed by atoms with E-state index in [1.54, 1.807) is 5.51 Å². The molecule has 0 aliphatic carbocycles. The van der Waals surface area contributed by atoms with Gasteiger partial charge in [0.25, 0.3) is 5.91 Å². The molecule has 0 bridgehead atoms. The molecule has 0 fully saturated rings. The summed E-state index contributed by atoms with van der Waals surface area (Å²) in [7, 11) is 0. The number of carbonyl (C=O) groups is 1. The molecule has 90 valence electrons.